The highest BCUT2D eigenvalue weighted by atomic mass is 35.5. The van der Waals surface area contributed by atoms with E-state index in [1.54, 1.807) is 18.2 Å². The third kappa shape index (κ3) is 7.76. The first kappa shape index (κ1) is 24.5. The molecule has 164 valence electrons. The molecular formula is C27H30ClFO2. The molecule has 3 aromatic carbocycles. The first-order valence-corrected chi connectivity index (χ1v) is 11.0. The van der Waals surface area contributed by atoms with Crippen LogP contribution in [0.15, 0.2) is 79.4 Å². The summed E-state index contributed by atoms with van der Waals surface area (Å²) in [6.45, 7) is 8.34. The summed E-state index contributed by atoms with van der Waals surface area (Å²) < 4.78 is 25.5. The predicted octanol–water partition coefficient (Wildman–Crippen LogP) is 7.83. The van der Waals surface area contributed by atoms with Gasteiger partial charge < -0.3 is 9.47 Å². The average molecular weight is 441 g/mol. The topological polar surface area (TPSA) is 18.5 Å². The van der Waals surface area contributed by atoms with E-state index in [1.807, 2.05) is 43.3 Å². The summed E-state index contributed by atoms with van der Waals surface area (Å²) in [5.74, 6) is 1.83. The molecule has 0 atom stereocenters. The minimum Gasteiger partial charge on any atom is -0.493 e. The lowest BCUT2D eigenvalue weighted by atomic mass is 10.00. The lowest BCUT2D eigenvalue weighted by Gasteiger charge is -2.17. The molecule has 0 N–H and O–H groups in total. The monoisotopic (exact) mass is 440 g/mol. The van der Waals surface area contributed by atoms with Gasteiger partial charge in [-0.05, 0) is 54.7 Å². The summed E-state index contributed by atoms with van der Waals surface area (Å²) in [6, 6.07) is 20.5. The van der Waals surface area contributed by atoms with Crippen molar-refractivity contribution >= 4 is 11.6 Å². The van der Waals surface area contributed by atoms with Crippen LogP contribution in [-0.4, -0.2) is 12.5 Å². The van der Waals surface area contributed by atoms with Crippen LogP contribution in [0.4, 0.5) is 4.39 Å². The molecule has 0 radical (unpaired) electrons. The fourth-order valence-electron chi connectivity index (χ4n) is 2.96. The van der Waals surface area contributed by atoms with E-state index in [2.05, 4.69) is 19.6 Å². The third-order valence-electron chi connectivity index (χ3n) is 4.47. The van der Waals surface area contributed by atoms with Crippen LogP contribution in [0, 0.1) is 5.82 Å². The molecule has 2 nitrogen and oxygen atoms in total. The molecular weight excluding hydrogens is 411 g/mol. The molecule has 31 heavy (non-hydrogen) atoms. The molecule has 0 amide bonds. The fraction of sp³-hybridized carbons (Fsp3) is 0.259. The van der Waals surface area contributed by atoms with E-state index < -0.39 is 0 Å². The second kappa shape index (κ2) is 13.5. The molecule has 4 heteroatoms. The van der Waals surface area contributed by atoms with Crippen molar-refractivity contribution in [1.82, 2.24) is 0 Å². The zero-order valence-corrected chi connectivity index (χ0v) is 19.0. The first-order valence-electron chi connectivity index (χ1n) is 10.5. The molecule has 0 saturated carbocycles. The van der Waals surface area contributed by atoms with Gasteiger partial charge in [0.25, 0.3) is 0 Å². The number of alkyl halides is 1. The molecule has 0 aliphatic heterocycles. The van der Waals surface area contributed by atoms with Crippen molar-refractivity contribution in [3.8, 4) is 22.6 Å². The molecule has 0 aliphatic carbocycles. The molecule has 3 aromatic rings. The summed E-state index contributed by atoms with van der Waals surface area (Å²) in [5, 5.41) is 0. The van der Waals surface area contributed by atoms with Crippen molar-refractivity contribution in [2.24, 2.45) is 0 Å². The Morgan fingerprint density at radius 3 is 2.26 bits per heavy atom. The highest BCUT2D eigenvalue weighted by molar-refractivity contribution is 6.17. The Balaban J connectivity index is 0.00000107. The van der Waals surface area contributed by atoms with Gasteiger partial charge in [-0.2, -0.15) is 0 Å². The largest absolute Gasteiger partial charge is 0.493 e. The van der Waals surface area contributed by atoms with E-state index in [1.165, 1.54) is 12.1 Å². The van der Waals surface area contributed by atoms with Crippen molar-refractivity contribution in [1.29, 1.82) is 0 Å². The van der Waals surface area contributed by atoms with Gasteiger partial charge in [0.2, 0.25) is 0 Å². The molecule has 0 heterocycles. The lowest BCUT2D eigenvalue weighted by Crippen LogP contribution is -2.03. The second-order valence-corrected chi connectivity index (χ2v) is 7.27. The zero-order valence-electron chi connectivity index (χ0n) is 18.2. The smallest absolute Gasteiger partial charge is 0.131 e. The van der Waals surface area contributed by atoms with Gasteiger partial charge >= 0.3 is 0 Å². The van der Waals surface area contributed by atoms with E-state index in [0.29, 0.717) is 24.8 Å². The summed E-state index contributed by atoms with van der Waals surface area (Å²) >= 11 is 5.77. The lowest BCUT2D eigenvalue weighted by molar-refractivity contribution is 0.294. The number of hydrogen-bond acceptors (Lipinski definition) is 2. The molecule has 0 fully saturated rings. The van der Waals surface area contributed by atoms with E-state index in [4.69, 9.17) is 21.1 Å². The van der Waals surface area contributed by atoms with Gasteiger partial charge in [0.1, 0.15) is 23.9 Å². The Labute approximate surface area is 190 Å². The van der Waals surface area contributed by atoms with Crippen LogP contribution in [0.3, 0.4) is 0 Å². The molecule has 0 bridgehead atoms. The van der Waals surface area contributed by atoms with Crippen LogP contribution in [0.2, 0.25) is 0 Å². The average Bonchev–Trinajstić information content (AvgIpc) is 2.79. The number of halogens is 2. The molecule has 0 unspecified atom stereocenters. The van der Waals surface area contributed by atoms with Gasteiger partial charge in [-0.15, -0.1) is 18.2 Å². The molecule has 0 aliphatic rings. The molecule has 3 rings (SSSR count). The number of benzene rings is 3. The third-order valence-corrected chi connectivity index (χ3v) is 4.74. The Bertz CT molecular complexity index is 924. The van der Waals surface area contributed by atoms with Crippen LogP contribution in [0.1, 0.15) is 31.4 Å². The van der Waals surface area contributed by atoms with E-state index in [0.717, 1.165) is 40.8 Å². The van der Waals surface area contributed by atoms with Crippen molar-refractivity contribution in [3.63, 3.8) is 0 Å². The molecule has 0 aromatic heterocycles. The number of rotatable bonds is 9. The Morgan fingerprint density at radius 1 is 0.968 bits per heavy atom. The number of aryl methyl sites for hydroxylation is 1. The van der Waals surface area contributed by atoms with Gasteiger partial charge in [-0.25, -0.2) is 4.39 Å². The SMILES string of the molecule is C=CC.CCc1cc(-c2ccc(F)cc2)c(OCc2ccccc2)cc1OCCCCl. The number of hydrogen-bond donors (Lipinski definition) is 0. The van der Waals surface area contributed by atoms with Gasteiger partial charge in [0.15, 0.2) is 0 Å². The Morgan fingerprint density at radius 2 is 1.65 bits per heavy atom. The first-order chi connectivity index (χ1) is 15.1. The van der Waals surface area contributed by atoms with E-state index in [9.17, 15) is 4.39 Å². The Hall–Kier alpha value is -2.78. The predicted molar refractivity (Wildman–Crippen MR) is 129 cm³/mol. The van der Waals surface area contributed by atoms with E-state index in [-0.39, 0.29) is 5.82 Å². The maximum absolute atomic E-state index is 13.4. The van der Waals surface area contributed by atoms with Crippen LogP contribution in [0.5, 0.6) is 11.5 Å². The van der Waals surface area contributed by atoms with Crippen LogP contribution in [-0.2, 0) is 13.0 Å². The summed E-state index contributed by atoms with van der Waals surface area (Å²) in [7, 11) is 0. The van der Waals surface area contributed by atoms with Crippen molar-refractivity contribution in [2.45, 2.75) is 33.3 Å². The highest BCUT2D eigenvalue weighted by Gasteiger charge is 2.14. The Kier molecular flexibility index (Phi) is 10.7. The minimum absolute atomic E-state index is 0.257. The van der Waals surface area contributed by atoms with Crippen LogP contribution >= 0.6 is 11.6 Å². The van der Waals surface area contributed by atoms with Crippen molar-refractivity contribution in [2.75, 3.05) is 12.5 Å². The van der Waals surface area contributed by atoms with Gasteiger partial charge in [0.05, 0.1) is 6.61 Å². The van der Waals surface area contributed by atoms with Gasteiger partial charge in [0, 0.05) is 17.5 Å². The number of allylic oxidation sites excluding steroid dienone is 1. The van der Waals surface area contributed by atoms with Gasteiger partial charge in [-0.1, -0.05) is 55.5 Å². The molecule has 0 saturated heterocycles. The van der Waals surface area contributed by atoms with E-state index >= 15 is 0 Å². The van der Waals surface area contributed by atoms with Gasteiger partial charge in [-0.3, -0.25) is 0 Å². The maximum Gasteiger partial charge on any atom is 0.131 e. The minimum atomic E-state index is -0.257. The summed E-state index contributed by atoms with van der Waals surface area (Å²) in [6.07, 6.45) is 3.36. The van der Waals surface area contributed by atoms with Crippen LogP contribution in [0.25, 0.3) is 11.1 Å². The maximum atomic E-state index is 13.4. The quantitative estimate of drug-likeness (QED) is 0.192. The normalized spacial score (nSPS) is 10.1. The van der Waals surface area contributed by atoms with Crippen molar-refractivity contribution < 1.29 is 13.9 Å². The van der Waals surface area contributed by atoms with Crippen molar-refractivity contribution in [3.05, 3.63) is 96.3 Å². The number of ether oxygens (including phenoxy) is 2. The zero-order chi connectivity index (χ0) is 22.5. The highest BCUT2D eigenvalue weighted by Crippen LogP contribution is 2.37. The molecule has 0 spiro atoms. The standard InChI is InChI=1S/C24H24ClFO2.C3H6/c1-2-19-15-22(20-9-11-21(26)12-10-20)24(16-23(19)27-14-6-13-25)28-17-18-7-4-3-5-8-18;1-3-2/h3-5,7-12,15-16H,2,6,13-14,17H2,1H3;3H,1H2,2H3. The summed E-state index contributed by atoms with van der Waals surface area (Å²) in [4.78, 5) is 0. The summed E-state index contributed by atoms with van der Waals surface area (Å²) in [5.41, 5.74) is 4.00. The fourth-order valence-corrected chi connectivity index (χ4v) is 3.07. The van der Waals surface area contributed by atoms with Crippen LogP contribution < -0.4 is 9.47 Å². The second-order valence-electron chi connectivity index (χ2n) is 6.89.